The molecule has 0 saturated heterocycles. The van der Waals surface area contributed by atoms with Crippen LogP contribution in [0.1, 0.15) is 30.7 Å². The van der Waals surface area contributed by atoms with Crippen molar-refractivity contribution in [1.29, 1.82) is 0 Å². The molecular formula is C15H19FN4O2. The lowest BCUT2D eigenvalue weighted by Crippen LogP contribution is -2.28. The number of aryl methyl sites for hydroxylation is 1. The third-order valence-electron chi connectivity index (χ3n) is 3.14. The van der Waals surface area contributed by atoms with E-state index in [2.05, 4.69) is 15.6 Å². The topological polar surface area (TPSA) is 80.0 Å². The number of rotatable bonds is 7. The number of aliphatic hydroxyl groups is 1. The zero-order valence-electron chi connectivity index (χ0n) is 12.4. The highest BCUT2D eigenvalue weighted by atomic mass is 19.1. The second-order valence-corrected chi connectivity index (χ2v) is 5.10. The largest absolute Gasteiger partial charge is 0.387 e. The van der Waals surface area contributed by atoms with Gasteiger partial charge in [0, 0.05) is 6.54 Å². The molecule has 2 aromatic rings. The van der Waals surface area contributed by atoms with Gasteiger partial charge in [0.05, 0.1) is 12.3 Å². The fraction of sp³-hybridized carbons (Fsp3) is 0.400. The van der Waals surface area contributed by atoms with Crippen molar-refractivity contribution in [1.82, 2.24) is 20.3 Å². The van der Waals surface area contributed by atoms with Gasteiger partial charge in [-0.05, 0) is 37.5 Å². The van der Waals surface area contributed by atoms with Gasteiger partial charge in [-0.2, -0.15) is 0 Å². The van der Waals surface area contributed by atoms with Gasteiger partial charge in [-0.25, -0.2) is 9.07 Å². The summed E-state index contributed by atoms with van der Waals surface area (Å²) in [7, 11) is 0. The number of aliphatic hydroxyl groups excluding tert-OH is 1. The standard InChI is InChI=1S/C15H19FN4O2/c1-11(21)14-9-20(19-18-14)10-15(22)17-7-3-5-12-4-2-6-13(16)8-12/h2,4,6,8-9,11,21H,3,5,7,10H2,1H3,(H,17,22)/t11-/m1/s1. The maximum absolute atomic E-state index is 13.0. The van der Waals surface area contributed by atoms with E-state index in [1.54, 1.807) is 13.0 Å². The number of nitrogens with zero attached hydrogens (tertiary/aromatic N) is 3. The van der Waals surface area contributed by atoms with E-state index < -0.39 is 6.10 Å². The van der Waals surface area contributed by atoms with Crippen molar-refractivity contribution >= 4 is 5.91 Å². The van der Waals surface area contributed by atoms with Gasteiger partial charge in [0.1, 0.15) is 18.1 Å². The molecule has 0 aliphatic rings. The van der Waals surface area contributed by atoms with Crippen molar-refractivity contribution in [3.8, 4) is 0 Å². The van der Waals surface area contributed by atoms with Crippen LogP contribution in [0.5, 0.6) is 0 Å². The lowest BCUT2D eigenvalue weighted by molar-refractivity contribution is -0.121. The molecule has 1 aromatic heterocycles. The van der Waals surface area contributed by atoms with E-state index in [1.807, 2.05) is 6.07 Å². The van der Waals surface area contributed by atoms with Crippen LogP contribution in [-0.2, 0) is 17.8 Å². The summed E-state index contributed by atoms with van der Waals surface area (Å²) in [6, 6.07) is 6.44. The molecule has 2 rings (SSSR count). The van der Waals surface area contributed by atoms with Crippen LogP contribution in [0.15, 0.2) is 30.5 Å². The van der Waals surface area contributed by atoms with Crippen molar-refractivity contribution in [2.45, 2.75) is 32.4 Å². The van der Waals surface area contributed by atoms with Gasteiger partial charge in [-0.3, -0.25) is 4.79 Å². The molecule has 0 radical (unpaired) electrons. The van der Waals surface area contributed by atoms with Gasteiger partial charge < -0.3 is 10.4 Å². The molecule has 0 aliphatic heterocycles. The Balaban J connectivity index is 1.69. The molecule has 1 atom stereocenters. The minimum atomic E-state index is -0.705. The quantitative estimate of drug-likeness (QED) is 0.754. The van der Waals surface area contributed by atoms with Gasteiger partial charge in [0.2, 0.25) is 5.91 Å². The molecule has 1 heterocycles. The molecule has 6 nitrogen and oxygen atoms in total. The van der Waals surface area contributed by atoms with Crippen LogP contribution in [0.4, 0.5) is 4.39 Å². The van der Waals surface area contributed by atoms with E-state index in [-0.39, 0.29) is 18.3 Å². The highest BCUT2D eigenvalue weighted by Crippen LogP contribution is 2.06. The molecule has 0 fully saturated rings. The van der Waals surface area contributed by atoms with Crippen LogP contribution >= 0.6 is 0 Å². The number of nitrogens with one attached hydrogen (secondary N) is 1. The summed E-state index contributed by atoms with van der Waals surface area (Å²) in [6.45, 7) is 2.15. The van der Waals surface area contributed by atoms with Gasteiger partial charge in [-0.1, -0.05) is 17.3 Å². The van der Waals surface area contributed by atoms with Gasteiger partial charge >= 0.3 is 0 Å². The van der Waals surface area contributed by atoms with Crippen LogP contribution in [0.25, 0.3) is 0 Å². The maximum atomic E-state index is 13.0. The number of aromatic nitrogens is 3. The van der Waals surface area contributed by atoms with E-state index in [9.17, 15) is 14.3 Å². The molecule has 2 N–H and O–H groups in total. The Labute approximate surface area is 128 Å². The Morgan fingerprint density at radius 2 is 2.32 bits per heavy atom. The Bertz CT molecular complexity index is 628. The van der Waals surface area contributed by atoms with Gasteiger partial charge in [0.15, 0.2) is 0 Å². The zero-order valence-corrected chi connectivity index (χ0v) is 12.4. The van der Waals surface area contributed by atoms with Crippen LogP contribution in [-0.4, -0.2) is 32.6 Å². The normalized spacial score (nSPS) is 12.1. The maximum Gasteiger partial charge on any atom is 0.241 e. The molecule has 0 bridgehead atoms. The van der Waals surface area contributed by atoms with Crippen molar-refractivity contribution in [3.05, 3.63) is 47.5 Å². The summed E-state index contributed by atoms with van der Waals surface area (Å²) in [6.07, 6.45) is 2.26. The second kappa shape index (κ2) is 7.65. The fourth-order valence-corrected chi connectivity index (χ4v) is 2.00. The first kappa shape index (κ1) is 16.1. The van der Waals surface area contributed by atoms with Crippen molar-refractivity contribution in [2.75, 3.05) is 6.54 Å². The Kier molecular flexibility index (Phi) is 5.60. The second-order valence-electron chi connectivity index (χ2n) is 5.10. The zero-order chi connectivity index (χ0) is 15.9. The highest BCUT2D eigenvalue weighted by molar-refractivity contribution is 5.75. The average molecular weight is 306 g/mol. The van der Waals surface area contributed by atoms with Gasteiger partial charge in [0.25, 0.3) is 0 Å². The SMILES string of the molecule is C[C@@H](O)c1cn(CC(=O)NCCCc2cccc(F)c2)nn1. The van der Waals surface area contributed by atoms with E-state index in [4.69, 9.17) is 0 Å². The lowest BCUT2D eigenvalue weighted by Gasteiger charge is -2.05. The molecule has 1 aromatic carbocycles. The summed E-state index contributed by atoms with van der Waals surface area (Å²) >= 11 is 0. The summed E-state index contributed by atoms with van der Waals surface area (Å²) < 4.78 is 14.4. The van der Waals surface area contributed by atoms with E-state index in [0.29, 0.717) is 18.7 Å². The minimum Gasteiger partial charge on any atom is -0.387 e. The molecule has 118 valence electrons. The monoisotopic (exact) mass is 306 g/mol. The number of benzene rings is 1. The number of carbonyl (C=O) groups is 1. The van der Waals surface area contributed by atoms with Crippen LogP contribution in [0.3, 0.4) is 0 Å². The third-order valence-corrected chi connectivity index (χ3v) is 3.14. The predicted octanol–water partition coefficient (Wildman–Crippen LogP) is 1.22. The Hall–Kier alpha value is -2.28. The molecule has 0 spiro atoms. The molecule has 1 amide bonds. The summed E-state index contributed by atoms with van der Waals surface area (Å²) in [5, 5.41) is 19.6. The minimum absolute atomic E-state index is 0.0552. The molecule has 0 saturated carbocycles. The first-order valence-electron chi connectivity index (χ1n) is 7.14. The molecular weight excluding hydrogens is 287 g/mol. The van der Waals surface area contributed by atoms with Crippen molar-refractivity contribution < 1.29 is 14.3 Å². The summed E-state index contributed by atoms with van der Waals surface area (Å²) in [5.74, 6) is -0.428. The molecule has 0 unspecified atom stereocenters. The summed E-state index contributed by atoms with van der Waals surface area (Å²) in [4.78, 5) is 11.7. The smallest absolute Gasteiger partial charge is 0.241 e. The molecule has 7 heteroatoms. The molecule has 22 heavy (non-hydrogen) atoms. The Morgan fingerprint density at radius 3 is 3.00 bits per heavy atom. The molecule has 0 aliphatic carbocycles. The average Bonchev–Trinajstić information content (AvgIpc) is 2.92. The summed E-state index contributed by atoms with van der Waals surface area (Å²) in [5.41, 5.74) is 1.34. The van der Waals surface area contributed by atoms with Crippen LogP contribution in [0, 0.1) is 5.82 Å². The van der Waals surface area contributed by atoms with Crippen molar-refractivity contribution in [3.63, 3.8) is 0 Å². The van der Waals surface area contributed by atoms with Crippen LogP contribution < -0.4 is 5.32 Å². The van der Waals surface area contributed by atoms with E-state index >= 15 is 0 Å². The first-order chi connectivity index (χ1) is 10.5. The number of carbonyl (C=O) groups excluding carboxylic acids is 1. The fourth-order valence-electron chi connectivity index (χ4n) is 2.00. The van der Waals surface area contributed by atoms with Gasteiger partial charge in [-0.15, -0.1) is 5.10 Å². The number of amides is 1. The number of halogens is 1. The first-order valence-corrected chi connectivity index (χ1v) is 7.14. The lowest BCUT2D eigenvalue weighted by atomic mass is 10.1. The third kappa shape index (κ3) is 4.92. The number of hydrogen-bond donors (Lipinski definition) is 2. The van der Waals surface area contributed by atoms with Crippen molar-refractivity contribution in [2.24, 2.45) is 0 Å². The number of hydrogen-bond acceptors (Lipinski definition) is 4. The predicted molar refractivity (Wildman–Crippen MR) is 78.4 cm³/mol. The Morgan fingerprint density at radius 1 is 1.50 bits per heavy atom. The van der Waals surface area contributed by atoms with E-state index in [1.165, 1.54) is 23.0 Å². The van der Waals surface area contributed by atoms with E-state index in [0.717, 1.165) is 12.0 Å². The highest BCUT2D eigenvalue weighted by Gasteiger charge is 2.08. The van der Waals surface area contributed by atoms with Crippen LogP contribution in [0.2, 0.25) is 0 Å².